The monoisotopic (exact) mass is 250 g/mol. The summed E-state index contributed by atoms with van der Waals surface area (Å²) >= 11 is 0. The molecule has 0 spiro atoms. The Labute approximate surface area is 83.4 Å². The van der Waals surface area contributed by atoms with Gasteiger partial charge in [-0.1, -0.05) is 19.3 Å². The predicted molar refractivity (Wildman–Crippen MR) is 51.0 cm³/mol. The Morgan fingerprint density at radius 2 is 1.14 bits per heavy atom. The maximum absolute atomic E-state index is 12.4. The second kappa shape index (κ2) is 5.84. The van der Waals surface area contributed by atoms with E-state index in [0.717, 1.165) is 6.55 Å². The van der Waals surface area contributed by atoms with Gasteiger partial charge >= 0.3 is 17.8 Å². The molecular weight excluding hydrogens is 235 g/mol. The Morgan fingerprint density at radius 3 is 1.50 bits per heavy atom. The van der Waals surface area contributed by atoms with Crippen LogP contribution in [0.5, 0.6) is 0 Å². The molecule has 0 rings (SSSR count). The van der Waals surface area contributed by atoms with E-state index in [2.05, 4.69) is 0 Å². The van der Waals surface area contributed by atoms with Crippen LogP contribution < -0.4 is 0 Å². The summed E-state index contributed by atoms with van der Waals surface area (Å²) in [4.78, 5) is 0. The van der Waals surface area contributed by atoms with Crippen LogP contribution in [0.4, 0.5) is 20.5 Å². The molecule has 7 heteroatoms. The van der Waals surface area contributed by atoms with Crippen molar-refractivity contribution in [2.75, 3.05) is 0 Å². The van der Waals surface area contributed by atoms with Crippen LogP contribution >= 0.6 is 0 Å². The molecule has 0 saturated heterocycles. The summed E-state index contributed by atoms with van der Waals surface area (Å²) in [7, 11) is -9.36. The van der Waals surface area contributed by atoms with Crippen LogP contribution in [0.25, 0.3) is 0 Å². The van der Waals surface area contributed by atoms with Gasteiger partial charge in [0.2, 0.25) is 0 Å². The third-order valence-corrected chi connectivity index (χ3v) is 3.98. The van der Waals surface area contributed by atoms with Crippen LogP contribution in [-0.2, 0) is 0 Å². The van der Waals surface area contributed by atoms with E-state index in [1.54, 1.807) is 0 Å². The molecule has 0 amide bonds. The topological polar surface area (TPSA) is 0 Å². The van der Waals surface area contributed by atoms with Gasteiger partial charge in [-0.25, -0.2) is 12.3 Å². The van der Waals surface area contributed by atoms with Gasteiger partial charge in [-0.3, -0.25) is 8.22 Å². The van der Waals surface area contributed by atoms with Crippen molar-refractivity contribution < 1.29 is 20.5 Å². The minimum Gasteiger partial charge on any atom is -0.271 e. The van der Waals surface area contributed by atoms with Crippen molar-refractivity contribution in [3.63, 3.8) is 0 Å². The van der Waals surface area contributed by atoms with Crippen molar-refractivity contribution in [2.24, 2.45) is 0 Å². The van der Waals surface area contributed by atoms with Crippen molar-refractivity contribution in [1.82, 2.24) is 0 Å². The average molecular weight is 250 g/mol. The first kappa shape index (κ1) is 14.1. The highest BCUT2D eigenvalue weighted by Crippen LogP contribution is 2.21. The summed E-state index contributed by atoms with van der Waals surface area (Å²) in [5, 5.41) is 0. The lowest BCUT2D eigenvalue weighted by Gasteiger charge is -2.06. The number of unbranched alkanes of at least 4 members (excludes halogenated alkanes) is 3. The minimum atomic E-state index is -5.39. The zero-order chi connectivity index (χ0) is 11.2. The van der Waals surface area contributed by atoms with Crippen molar-refractivity contribution in [3.8, 4) is 0 Å². The third-order valence-electron chi connectivity index (χ3n) is 1.83. The van der Waals surface area contributed by atoms with E-state index in [4.69, 9.17) is 0 Å². The highest BCUT2D eigenvalue weighted by atomic mass is 28.5. The number of halogens is 5. The van der Waals surface area contributed by atoms with Gasteiger partial charge in [0.15, 0.2) is 0 Å². The van der Waals surface area contributed by atoms with E-state index in [-0.39, 0.29) is 12.5 Å². The summed E-state index contributed by atoms with van der Waals surface area (Å²) in [6, 6.07) is -0.747. The van der Waals surface area contributed by atoms with E-state index in [9.17, 15) is 20.5 Å². The Morgan fingerprint density at radius 1 is 0.714 bits per heavy atom. The van der Waals surface area contributed by atoms with Crippen LogP contribution in [0, 0.1) is 0 Å². The maximum atomic E-state index is 12.4. The van der Waals surface area contributed by atoms with E-state index in [1.165, 1.54) is 0 Å². The quantitative estimate of drug-likeness (QED) is 0.272. The van der Waals surface area contributed by atoms with Gasteiger partial charge in [0.05, 0.1) is 0 Å². The Kier molecular flexibility index (Phi) is 5.88. The van der Waals surface area contributed by atoms with E-state index < -0.39 is 23.9 Å². The van der Waals surface area contributed by atoms with Gasteiger partial charge in [0, 0.05) is 6.04 Å². The normalized spacial score (nSPS) is 13.3. The summed E-state index contributed by atoms with van der Waals surface area (Å²) in [6.45, 7) is 0.968. The zero-order valence-corrected chi connectivity index (χ0v) is 10.1. The lowest BCUT2D eigenvalue weighted by molar-refractivity contribution is 0.459. The Balaban J connectivity index is 3.23. The molecule has 0 aliphatic heterocycles. The first-order valence-corrected chi connectivity index (χ1v) is 8.96. The molecule has 0 nitrogen and oxygen atoms in total. The fourth-order valence-electron chi connectivity index (χ4n) is 1.11. The number of hydrogen-bond acceptors (Lipinski definition) is 0. The molecule has 0 aromatic heterocycles. The first-order valence-electron chi connectivity index (χ1n) is 4.65. The van der Waals surface area contributed by atoms with Gasteiger partial charge in [-0.15, -0.1) is 0 Å². The van der Waals surface area contributed by atoms with Crippen LogP contribution in [0.1, 0.15) is 25.7 Å². The zero-order valence-electron chi connectivity index (χ0n) is 8.13. The molecule has 0 aromatic rings. The van der Waals surface area contributed by atoms with Gasteiger partial charge in [-0.05, 0) is 19.0 Å². The fourth-order valence-corrected chi connectivity index (χ4v) is 2.64. The second-order valence-electron chi connectivity index (χ2n) is 3.60. The highest BCUT2D eigenvalue weighted by molar-refractivity contribution is 6.64. The standard InChI is InChI=1S/C7H15F5Si2/c1-13(8,9)6-4-2-3-5-7-14(10,11)12/h2-7H2,1H3. The molecule has 0 heterocycles. The van der Waals surface area contributed by atoms with Gasteiger partial charge in [-0.2, -0.15) is 0 Å². The van der Waals surface area contributed by atoms with Crippen molar-refractivity contribution >= 4 is 17.8 Å². The molecule has 0 fully saturated rings. The molecule has 0 unspecified atom stereocenters. The molecule has 14 heavy (non-hydrogen) atoms. The summed E-state index contributed by atoms with van der Waals surface area (Å²) in [5.74, 6) is 0. The fraction of sp³-hybridized carbons (Fsp3) is 1.00. The maximum Gasteiger partial charge on any atom is 0.616 e. The average Bonchev–Trinajstić information content (AvgIpc) is 1.92. The Bertz CT molecular complexity index is 133. The molecule has 0 N–H and O–H groups in total. The SMILES string of the molecule is C[Si](F)(F)CCCCCC[Si](F)(F)F. The van der Waals surface area contributed by atoms with Crippen LogP contribution in [-0.4, -0.2) is 17.8 Å². The van der Waals surface area contributed by atoms with Crippen LogP contribution in [0.15, 0.2) is 0 Å². The van der Waals surface area contributed by atoms with Gasteiger partial charge in [0.1, 0.15) is 0 Å². The molecule has 0 saturated carbocycles. The molecule has 0 aromatic carbocycles. The van der Waals surface area contributed by atoms with Gasteiger partial charge < -0.3 is 0 Å². The van der Waals surface area contributed by atoms with Crippen LogP contribution in [0.3, 0.4) is 0 Å². The summed E-state index contributed by atoms with van der Waals surface area (Å²) in [5.41, 5.74) is 0. The van der Waals surface area contributed by atoms with Crippen molar-refractivity contribution in [3.05, 3.63) is 0 Å². The molecule has 0 atom stereocenters. The predicted octanol–water partition coefficient (Wildman–Crippen LogP) is 4.41. The molecule has 0 aliphatic rings. The van der Waals surface area contributed by atoms with E-state index >= 15 is 0 Å². The smallest absolute Gasteiger partial charge is 0.271 e. The first-order chi connectivity index (χ1) is 6.21. The van der Waals surface area contributed by atoms with E-state index in [1.807, 2.05) is 0 Å². The highest BCUT2D eigenvalue weighted by Gasteiger charge is 2.35. The minimum absolute atomic E-state index is 0.0869. The molecule has 0 bridgehead atoms. The molecule has 0 radical (unpaired) electrons. The number of hydrogen-bond donors (Lipinski definition) is 0. The van der Waals surface area contributed by atoms with E-state index in [0.29, 0.717) is 19.3 Å². The lowest BCUT2D eigenvalue weighted by atomic mass is 10.2. The van der Waals surface area contributed by atoms with Crippen molar-refractivity contribution in [1.29, 1.82) is 0 Å². The summed E-state index contributed by atoms with van der Waals surface area (Å²) in [6.07, 6.45) is 1.42. The number of rotatable bonds is 7. The second-order valence-corrected chi connectivity index (χ2v) is 7.97. The van der Waals surface area contributed by atoms with Crippen molar-refractivity contribution in [2.45, 2.75) is 44.3 Å². The third kappa shape index (κ3) is 12.1. The summed E-state index contributed by atoms with van der Waals surface area (Å²) < 4.78 is 60.1. The molecular formula is C7H15F5Si2. The lowest BCUT2D eigenvalue weighted by Crippen LogP contribution is -2.15. The van der Waals surface area contributed by atoms with Crippen LogP contribution in [0.2, 0.25) is 18.6 Å². The Hall–Kier alpha value is 0.0838. The molecule has 0 aliphatic carbocycles. The molecule has 86 valence electrons. The van der Waals surface area contributed by atoms with Gasteiger partial charge in [0.25, 0.3) is 0 Å². The largest absolute Gasteiger partial charge is 0.616 e.